The Morgan fingerprint density at radius 3 is 2.33 bits per heavy atom. The molecule has 0 spiro atoms. The maximum atomic E-state index is 5.24. The van der Waals surface area contributed by atoms with Gasteiger partial charge in [-0.3, -0.25) is 0 Å². The molecule has 1 unspecified atom stereocenters. The van der Waals surface area contributed by atoms with Crippen molar-refractivity contribution in [2.24, 2.45) is 5.92 Å². The van der Waals surface area contributed by atoms with Gasteiger partial charge in [-0.2, -0.15) is 0 Å². The Labute approximate surface area is 58.4 Å². The van der Waals surface area contributed by atoms with E-state index in [1.165, 1.54) is 0 Å². The minimum absolute atomic E-state index is 0.190. The molecular weight excluding hydrogens is 112 g/mol. The van der Waals surface area contributed by atoms with Crippen molar-refractivity contribution in [3.8, 4) is 0 Å². The van der Waals surface area contributed by atoms with Gasteiger partial charge in [-0.15, -0.1) is 0 Å². The molecule has 0 aliphatic rings. The van der Waals surface area contributed by atoms with Crippen LogP contribution in [0.2, 0.25) is 0 Å². The maximum Gasteiger partial charge on any atom is 0.0578 e. The average molecular weight is 129 g/mol. The zero-order valence-electron chi connectivity index (χ0n) is 6.68. The zero-order valence-corrected chi connectivity index (χ0v) is 6.68. The lowest BCUT2D eigenvalue weighted by Crippen LogP contribution is -2.10. The van der Waals surface area contributed by atoms with Gasteiger partial charge in [-0.05, 0) is 26.2 Å². The van der Waals surface area contributed by atoms with Crippen LogP contribution in [0.25, 0.3) is 0 Å². The SMILES string of the molecule is [CH2]C(CC(C)C)OCC. The molecule has 0 bridgehead atoms. The van der Waals surface area contributed by atoms with Crippen molar-refractivity contribution >= 4 is 0 Å². The predicted octanol–water partition coefficient (Wildman–Crippen LogP) is 2.27. The molecule has 0 aromatic rings. The van der Waals surface area contributed by atoms with Crippen LogP contribution in [-0.2, 0) is 4.74 Å². The van der Waals surface area contributed by atoms with Gasteiger partial charge in [0.2, 0.25) is 0 Å². The van der Waals surface area contributed by atoms with E-state index >= 15 is 0 Å². The monoisotopic (exact) mass is 129 g/mol. The van der Waals surface area contributed by atoms with Crippen molar-refractivity contribution in [2.45, 2.75) is 33.3 Å². The van der Waals surface area contributed by atoms with Crippen LogP contribution in [0.1, 0.15) is 27.2 Å². The Morgan fingerprint density at radius 2 is 2.00 bits per heavy atom. The summed E-state index contributed by atoms with van der Waals surface area (Å²) in [5.41, 5.74) is 0. The van der Waals surface area contributed by atoms with Gasteiger partial charge < -0.3 is 4.74 Å². The lowest BCUT2D eigenvalue weighted by molar-refractivity contribution is 0.0794. The molecule has 0 aliphatic heterocycles. The normalized spacial score (nSPS) is 14.3. The highest BCUT2D eigenvalue weighted by molar-refractivity contribution is 4.61. The van der Waals surface area contributed by atoms with Gasteiger partial charge in [0.25, 0.3) is 0 Å². The van der Waals surface area contributed by atoms with Crippen molar-refractivity contribution in [3.63, 3.8) is 0 Å². The Kier molecular flexibility index (Phi) is 4.78. The van der Waals surface area contributed by atoms with Gasteiger partial charge in [-0.1, -0.05) is 13.8 Å². The molecule has 1 radical (unpaired) electrons. The molecule has 1 heteroatoms. The third-order valence-corrected chi connectivity index (χ3v) is 1.14. The standard InChI is InChI=1S/C8H17O/c1-5-9-8(4)6-7(2)3/h7-8H,4-6H2,1-3H3. The quantitative estimate of drug-likeness (QED) is 0.565. The molecule has 0 rings (SSSR count). The van der Waals surface area contributed by atoms with E-state index < -0.39 is 0 Å². The first-order chi connectivity index (χ1) is 4.16. The third-order valence-electron chi connectivity index (χ3n) is 1.14. The van der Waals surface area contributed by atoms with Crippen molar-refractivity contribution in [1.29, 1.82) is 0 Å². The summed E-state index contributed by atoms with van der Waals surface area (Å²) in [6.07, 6.45) is 1.25. The lowest BCUT2D eigenvalue weighted by atomic mass is 10.1. The van der Waals surface area contributed by atoms with E-state index in [4.69, 9.17) is 4.74 Å². The van der Waals surface area contributed by atoms with Crippen LogP contribution in [-0.4, -0.2) is 12.7 Å². The van der Waals surface area contributed by atoms with Crippen molar-refractivity contribution in [1.82, 2.24) is 0 Å². The number of hydrogen-bond donors (Lipinski definition) is 0. The molecule has 0 aliphatic carbocycles. The molecule has 1 atom stereocenters. The Balaban J connectivity index is 3.15. The second-order valence-electron chi connectivity index (χ2n) is 2.71. The molecule has 9 heavy (non-hydrogen) atoms. The van der Waals surface area contributed by atoms with Gasteiger partial charge in [0.1, 0.15) is 0 Å². The smallest absolute Gasteiger partial charge is 0.0578 e. The summed E-state index contributed by atoms with van der Waals surface area (Å²) in [6.45, 7) is 11.0. The first-order valence-electron chi connectivity index (χ1n) is 3.61. The second kappa shape index (κ2) is 4.80. The van der Waals surface area contributed by atoms with Crippen LogP contribution in [0.4, 0.5) is 0 Å². The largest absolute Gasteiger partial charge is 0.378 e. The molecule has 0 fully saturated rings. The number of hydrogen-bond acceptors (Lipinski definition) is 1. The minimum atomic E-state index is 0.190. The van der Waals surface area contributed by atoms with E-state index in [2.05, 4.69) is 20.8 Å². The van der Waals surface area contributed by atoms with Crippen LogP contribution in [0.15, 0.2) is 0 Å². The van der Waals surface area contributed by atoms with E-state index in [-0.39, 0.29) is 6.10 Å². The van der Waals surface area contributed by atoms with Gasteiger partial charge in [0.15, 0.2) is 0 Å². The van der Waals surface area contributed by atoms with Crippen LogP contribution >= 0.6 is 0 Å². The van der Waals surface area contributed by atoms with Crippen LogP contribution in [0.3, 0.4) is 0 Å². The lowest BCUT2D eigenvalue weighted by Gasteiger charge is -2.12. The highest BCUT2D eigenvalue weighted by Crippen LogP contribution is 2.06. The first kappa shape index (κ1) is 8.96. The van der Waals surface area contributed by atoms with Gasteiger partial charge in [-0.25, -0.2) is 0 Å². The summed E-state index contributed by atoms with van der Waals surface area (Å²) in [6, 6.07) is 0. The molecule has 0 heterocycles. The van der Waals surface area contributed by atoms with Gasteiger partial charge in [0.05, 0.1) is 6.10 Å². The van der Waals surface area contributed by atoms with Crippen LogP contribution < -0.4 is 0 Å². The van der Waals surface area contributed by atoms with Crippen LogP contribution in [0, 0.1) is 12.8 Å². The van der Waals surface area contributed by atoms with Crippen molar-refractivity contribution in [3.05, 3.63) is 6.92 Å². The van der Waals surface area contributed by atoms with E-state index in [9.17, 15) is 0 Å². The second-order valence-corrected chi connectivity index (χ2v) is 2.71. The van der Waals surface area contributed by atoms with E-state index in [1.807, 2.05) is 6.92 Å². The van der Waals surface area contributed by atoms with Crippen molar-refractivity contribution < 1.29 is 4.74 Å². The van der Waals surface area contributed by atoms with E-state index in [1.54, 1.807) is 0 Å². The summed E-state index contributed by atoms with van der Waals surface area (Å²) < 4.78 is 5.24. The highest BCUT2D eigenvalue weighted by atomic mass is 16.5. The highest BCUT2D eigenvalue weighted by Gasteiger charge is 2.02. The summed E-state index contributed by atoms with van der Waals surface area (Å²) in [5, 5.41) is 0. The van der Waals surface area contributed by atoms with E-state index in [0.29, 0.717) is 5.92 Å². The molecule has 0 aromatic carbocycles. The van der Waals surface area contributed by atoms with E-state index in [0.717, 1.165) is 13.0 Å². The number of rotatable bonds is 4. The first-order valence-corrected chi connectivity index (χ1v) is 3.61. The molecule has 0 saturated carbocycles. The Bertz CT molecular complexity index is 59.6. The number of ether oxygens (including phenoxy) is 1. The molecule has 0 saturated heterocycles. The van der Waals surface area contributed by atoms with Gasteiger partial charge >= 0.3 is 0 Å². The Morgan fingerprint density at radius 1 is 1.44 bits per heavy atom. The topological polar surface area (TPSA) is 9.23 Å². The van der Waals surface area contributed by atoms with Gasteiger partial charge in [0, 0.05) is 6.61 Å². The summed E-state index contributed by atoms with van der Waals surface area (Å²) in [7, 11) is 0. The fourth-order valence-corrected chi connectivity index (χ4v) is 0.830. The Hall–Kier alpha value is -0.0400. The average Bonchev–Trinajstić information content (AvgIpc) is 1.63. The molecule has 1 nitrogen and oxygen atoms in total. The fourth-order valence-electron chi connectivity index (χ4n) is 0.830. The molecule has 0 amide bonds. The molecule has 0 N–H and O–H groups in total. The van der Waals surface area contributed by atoms with Crippen molar-refractivity contribution in [2.75, 3.05) is 6.61 Å². The maximum absolute atomic E-state index is 5.24. The summed E-state index contributed by atoms with van der Waals surface area (Å²) in [5.74, 6) is 0.694. The fraction of sp³-hybridized carbons (Fsp3) is 0.875. The van der Waals surface area contributed by atoms with Crippen LogP contribution in [0.5, 0.6) is 0 Å². The molecule has 55 valence electrons. The summed E-state index contributed by atoms with van der Waals surface area (Å²) >= 11 is 0. The molecular formula is C8H17O. The predicted molar refractivity (Wildman–Crippen MR) is 40.2 cm³/mol. The third kappa shape index (κ3) is 5.84. The zero-order chi connectivity index (χ0) is 7.28. The summed E-state index contributed by atoms with van der Waals surface area (Å²) in [4.78, 5) is 0. The minimum Gasteiger partial charge on any atom is -0.378 e. The molecule has 0 aromatic heterocycles.